The first kappa shape index (κ1) is 23.2. The first-order chi connectivity index (χ1) is 15.2. The van der Waals surface area contributed by atoms with Gasteiger partial charge in [0, 0.05) is 29.5 Å². The fraction of sp³-hybridized carbons (Fsp3) is 0.519. The van der Waals surface area contributed by atoms with Crippen LogP contribution >= 0.6 is 0 Å². The largest absolute Gasteiger partial charge is 0.481 e. The second-order valence-corrected chi connectivity index (χ2v) is 8.30. The molecule has 0 N–H and O–H groups in total. The third-order valence-corrected chi connectivity index (χ3v) is 6.32. The maximum Gasteiger partial charge on any atom is 0.344 e. The van der Waals surface area contributed by atoms with Crippen LogP contribution in [0.2, 0.25) is 0 Å². The Morgan fingerprint density at radius 2 is 1.81 bits per heavy atom. The van der Waals surface area contributed by atoms with Gasteiger partial charge in [-0.15, -0.1) is 0 Å². The molecule has 2 unspecified atom stereocenters. The zero-order chi connectivity index (χ0) is 22.2. The summed E-state index contributed by atoms with van der Waals surface area (Å²) in [5, 5.41) is 2.22. The summed E-state index contributed by atoms with van der Waals surface area (Å²) in [6, 6.07) is 12.4. The molecule has 1 saturated heterocycles. The van der Waals surface area contributed by atoms with Crippen molar-refractivity contribution in [3.8, 4) is 5.75 Å². The van der Waals surface area contributed by atoms with E-state index >= 15 is 0 Å². The number of carbonyl (C=O) groups excluding carboxylic acids is 1. The zero-order valence-electron chi connectivity index (χ0n) is 19.4. The third kappa shape index (κ3) is 5.61. The fourth-order valence-corrected chi connectivity index (χ4v) is 4.70. The van der Waals surface area contributed by atoms with Crippen molar-refractivity contribution in [2.24, 2.45) is 5.92 Å². The summed E-state index contributed by atoms with van der Waals surface area (Å²) in [5.41, 5.74) is 2.52. The first-order valence-electron chi connectivity index (χ1n) is 11.9. The molecule has 0 amide bonds. The SMILES string of the molecule is C=C1CCC(OC(=O)COc2ccc(N3CCCC3)c3ccccc23)C(CC)C1.CC. The molecule has 0 radical (unpaired) electrons. The molecule has 168 valence electrons. The summed E-state index contributed by atoms with van der Waals surface area (Å²) in [6.07, 6.45) is 6.24. The van der Waals surface area contributed by atoms with Crippen molar-refractivity contribution in [2.45, 2.75) is 65.4 Å². The number of hydrogen-bond acceptors (Lipinski definition) is 4. The van der Waals surface area contributed by atoms with Crippen molar-refractivity contribution in [3.63, 3.8) is 0 Å². The van der Waals surface area contributed by atoms with E-state index in [2.05, 4.69) is 42.7 Å². The number of allylic oxidation sites excluding steroid dienone is 1. The van der Waals surface area contributed by atoms with E-state index in [1.54, 1.807) is 0 Å². The van der Waals surface area contributed by atoms with Gasteiger partial charge in [-0.05, 0) is 56.6 Å². The van der Waals surface area contributed by atoms with Gasteiger partial charge in [-0.2, -0.15) is 0 Å². The van der Waals surface area contributed by atoms with Crippen LogP contribution in [-0.4, -0.2) is 31.8 Å². The average molecular weight is 424 g/mol. The smallest absolute Gasteiger partial charge is 0.344 e. The lowest BCUT2D eigenvalue weighted by Crippen LogP contribution is -2.32. The van der Waals surface area contributed by atoms with Crippen molar-refractivity contribution in [1.29, 1.82) is 0 Å². The van der Waals surface area contributed by atoms with Crippen LogP contribution in [0.5, 0.6) is 5.75 Å². The lowest BCUT2D eigenvalue weighted by molar-refractivity contribution is -0.155. The van der Waals surface area contributed by atoms with Crippen molar-refractivity contribution in [2.75, 3.05) is 24.6 Å². The van der Waals surface area contributed by atoms with Gasteiger partial charge in [0.1, 0.15) is 11.9 Å². The Labute approximate surface area is 187 Å². The second kappa shape index (κ2) is 11.2. The van der Waals surface area contributed by atoms with E-state index in [-0.39, 0.29) is 18.7 Å². The molecular weight excluding hydrogens is 386 g/mol. The second-order valence-electron chi connectivity index (χ2n) is 8.30. The molecule has 0 bridgehead atoms. The van der Waals surface area contributed by atoms with Gasteiger partial charge in [0.05, 0.1) is 0 Å². The molecule has 2 aliphatic rings. The number of nitrogens with zero attached hydrogens (tertiary/aromatic N) is 1. The molecule has 2 aromatic carbocycles. The number of carbonyl (C=O) groups is 1. The molecule has 2 atom stereocenters. The number of benzene rings is 2. The molecule has 1 heterocycles. The van der Waals surface area contributed by atoms with Crippen molar-refractivity contribution in [3.05, 3.63) is 48.6 Å². The van der Waals surface area contributed by atoms with Crippen LogP contribution in [0.4, 0.5) is 5.69 Å². The van der Waals surface area contributed by atoms with Gasteiger partial charge >= 0.3 is 5.97 Å². The van der Waals surface area contributed by atoms with E-state index in [9.17, 15) is 4.79 Å². The molecule has 31 heavy (non-hydrogen) atoms. The van der Waals surface area contributed by atoms with Crippen LogP contribution in [-0.2, 0) is 9.53 Å². The molecular formula is C27H37NO3. The molecule has 1 saturated carbocycles. The molecule has 4 nitrogen and oxygen atoms in total. The first-order valence-corrected chi connectivity index (χ1v) is 11.9. The van der Waals surface area contributed by atoms with Gasteiger partial charge in [0.2, 0.25) is 0 Å². The monoisotopic (exact) mass is 423 g/mol. The number of rotatable bonds is 6. The fourth-order valence-electron chi connectivity index (χ4n) is 4.70. The number of fused-ring (bicyclic) bond motifs is 1. The van der Waals surface area contributed by atoms with Gasteiger partial charge in [-0.25, -0.2) is 4.79 Å². The minimum absolute atomic E-state index is 0.0177. The van der Waals surface area contributed by atoms with E-state index in [0.29, 0.717) is 5.92 Å². The van der Waals surface area contributed by atoms with Crippen LogP contribution < -0.4 is 9.64 Å². The van der Waals surface area contributed by atoms with Crippen molar-refractivity contribution in [1.82, 2.24) is 0 Å². The number of esters is 1. The highest BCUT2D eigenvalue weighted by Crippen LogP contribution is 2.35. The predicted octanol–water partition coefficient (Wildman–Crippen LogP) is 6.52. The van der Waals surface area contributed by atoms with Gasteiger partial charge in [-0.1, -0.05) is 57.2 Å². The summed E-state index contributed by atoms with van der Waals surface area (Å²) >= 11 is 0. The van der Waals surface area contributed by atoms with Gasteiger partial charge < -0.3 is 14.4 Å². The van der Waals surface area contributed by atoms with E-state index in [4.69, 9.17) is 9.47 Å². The maximum absolute atomic E-state index is 12.5. The molecule has 1 aliphatic heterocycles. The normalized spacial score (nSPS) is 20.9. The molecule has 0 aromatic heterocycles. The Bertz CT molecular complexity index is 885. The van der Waals surface area contributed by atoms with Crippen LogP contribution in [0, 0.1) is 5.92 Å². The Morgan fingerprint density at radius 1 is 1.10 bits per heavy atom. The highest BCUT2D eigenvalue weighted by molar-refractivity contribution is 5.98. The Hall–Kier alpha value is -2.49. The van der Waals surface area contributed by atoms with Gasteiger partial charge in [0.25, 0.3) is 0 Å². The molecule has 4 heteroatoms. The highest BCUT2D eigenvalue weighted by Gasteiger charge is 2.28. The average Bonchev–Trinajstić information content (AvgIpc) is 3.34. The topological polar surface area (TPSA) is 38.8 Å². The van der Waals surface area contributed by atoms with E-state index < -0.39 is 0 Å². The Kier molecular flexibility index (Phi) is 8.39. The minimum Gasteiger partial charge on any atom is -0.481 e. The van der Waals surface area contributed by atoms with Crippen molar-refractivity contribution >= 4 is 22.4 Å². The number of anilines is 1. The van der Waals surface area contributed by atoms with Gasteiger partial charge in [0.15, 0.2) is 6.61 Å². The number of hydrogen-bond donors (Lipinski definition) is 0. The lowest BCUT2D eigenvalue weighted by atomic mass is 9.82. The van der Waals surface area contributed by atoms with E-state index in [1.807, 2.05) is 26.0 Å². The highest BCUT2D eigenvalue weighted by atomic mass is 16.6. The molecule has 2 aromatic rings. The summed E-state index contributed by atoms with van der Waals surface area (Å²) in [7, 11) is 0. The third-order valence-electron chi connectivity index (χ3n) is 6.32. The minimum atomic E-state index is -0.284. The van der Waals surface area contributed by atoms with E-state index in [0.717, 1.165) is 49.9 Å². The number of ether oxygens (including phenoxy) is 2. The summed E-state index contributed by atoms with van der Waals surface area (Å²) in [4.78, 5) is 14.9. The Balaban J connectivity index is 0.00000132. The molecule has 2 fully saturated rings. The molecule has 4 rings (SSSR count). The van der Waals surface area contributed by atoms with Crippen LogP contribution in [0.15, 0.2) is 48.6 Å². The Morgan fingerprint density at radius 3 is 2.52 bits per heavy atom. The van der Waals surface area contributed by atoms with Crippen LogP contribution in [0.3, 0.4) is 0 Å². The van der Waals surface area contributed by atoms with E-state index in [1.165, 1.54) is 29.5 Å². The molecule has 0 spiro atoms. The molecule has 1 aliphatic carbocycles. The van der Waals surface area contributed by atoms with Crippen LogP contribution in [0.1, 0.15) is 59.3 Å². The lowest BCUT2D eigenvalue weighted by Gasteiger charge is -2.31. The predicted molar refractivity (Wildman–Crippen MR) is 129 cm³/mol. The maximum atomic E-state index is 12.5. The summed E-state index contributed by atoms with van der Waals surface area (Å²) in [5.74, 6) is 0.832. The van der Waals surface area contributed by atoms with Gasteiger partial charge in [-0.3, -0.25) is 0 Å². The zero-order valence-corrected chi connectivity index (χ0v) is 19.4. The quantitative estimate of drug-likeness (QED) is 0.391. The standard InChI is InChI=1S/C25H31NO3.C2H6/c1-3-19-16-18(2)10-12-23(19)29-25(27)17-28-24-13-11-22(26-14-6-7-15-26)20-8-4-5-9-21(20)24;1-2/h4-5,8-9,11,13,19,23H,2-3,6-7,10,12,14-17H2,1H3;1-2H3. The van der Waals surface area contributed by atoms with Crippen molar-refractivity contribution < 1.29 is 14.3 Å². The summed E-state index contributed by atoms with van der Waals surface area (Å²) < 4.78 is 11.7. The van der Waals surface area contributed by atoms with Crippen LogP contribution in [0.25, 0.3) is 10.8 Å². The summed E-state index contributed by atoms with van der Waals surface area (Å²) in [6.45, 7) is 12.4.